The Morgan fingerprint density at radius 1 is 0.411 bits per heavy atom. The molecule has 90 heavy (non-hydrogen) atoms. The lowest BCUT2D eigenvalue weighted by Crippen LogP contribution is -2.64. The van der Waals surface area contributed by atoms with E-state index in [1.165, 1.54) is 80.5 Å². The number of Topliss-reactive ketones (excluding diaryl/α,β-unsaturated/α-hetero) is 1. The largest absolute Gasteiger partial charge is 0.390 e. The van der Waals surface area contributed by atoms with Gasteiger partial charge in [-0.2, -0.15) is 0 Å². The zero-order valence-corrected chi connectivity index (χ0v) is 60.3. The average Bonchev–Trinajstić information content (AvgIpc) is 0.844. The minimum atomic E-state index is -1.59. The summed E-state index contributed by atoms with van der Waals surface area (Å²) in [5.74, 6) is -8.03. The molecule has 0 radical (unpaired) electrons. The van der Waals surface area contributed by atoms with Gasteiger partial charge in [0, 0.05) is 42.3 Å². The maximum absolute atomic E-state index is 15.1. The maximum atomic E-state index is 15.1. The summed E-state index contributed by atoms with van der Waals surface area (Å²) in [6.07, 6.45) is 3.83. The number of carbonyl (C=O) groups excluding carboxylic acids is 11. The zero-order valence-electron chi connectivity index (χ0n) is 60.3. The van der Waals surface area contributed by atoms with Gasteiger partial charge in [0.05, 0.1) is 18.2 Å². The third-order valence-electron chi connectivity index (χ3n) is 16.9. The Kier molecular flexibility index (Phi) is 36.8. The molecule has 0 saturated carbocycles. The van der Waals surface area contributed by atoms with Crippen molar-refractivity contribution in [3.05, 3.63) is 12.2 Å². The fourth-order valence-corrected chi connectivity index (χ4v) is 11.0. The highest BCUT2D eigenvalue weighted by Crippen LogP contribution is 2.26. The minimum Gasteiger partial charge on any atom is -0.390 e. The van der Waals surface area contributed by atoms with Crippen LogP contribution in [0.3, 0.4) is 0 Å². The van der Waals surface area contributed by atoms with Crippen molar-refractivity contribution in [1.82, 2.24) is 56.0 Å². The van der Waals surface area contributed by atoms with Crippen LogP contribution in [0.25, 0.3) is 0 Å². The van der Waals surface area contributed by atoms with Gasteiger partial charge in [0.2, 0.25) is 59.1 Å². The summed E-state index contributed by atoms with van der Waals surface area (Å²) >= 11 is 0. The molecule has 0 aromatic carbocycles. The predicted octanol–water partition coefficient (Wildman–Crippen LogP) is 5.02. The van der Waals surface area contributed by atoms with E-state index >= 15 is 14.4 Å². The van der Waals surface area contributed by atoms with Gasteiger partial charge in [0.15, 0.2) is 5.78 Å². The molecule has 23 heteroatoms. The van der Waals surface area contributed by atoms with Crippen molar-refractivity contribution in [3.63, 3.8) is 0 Å². The molecule has 0 saturated heterocycles. The number of nitrogens with one attached hydrogen (secondary N) is 5. The summed E-state index contributed by atoms with van der Waals surface area (Å²) in [6, 6.07) is -11.9. The molecule has 23 nitrogen and oxygen atoms in total. The number of ketones is 1. The molecule has 6 N–H and O–H groups in total. The van der Waals surface area contributed by atoms with Crippen LogP contribution in [0.1, 0.15) is 183 Å². The van der Waals surface area contributed by atoms with Crippen LogP contribution < -0.4 is 26.6 Å². The Labute approximate surface area is 541 Å². The molecule has 0 fully saturated rings. The molecule has 518 valence electrons. The zero-order chi connectivity index (χ0) is 70.3. The van der Waals surface area contributed by atoms with Crippen LogP contribution in [0.2, 0.25) is 0 Å². The molecule has 6 unspecified atom stereocenters. The molecular weight excluding hydrogens is 1150 g/mol. The third kappa shape index (κ3) is 25.3. The standard InChI is InChI=1S/C67H123N11O12/c1-28-30-31-44(17)57(80)56(78(27)67(90)55(43(15)16)77(26)65(88)53(36-41(11)12)76(25)63(86)49(68-21)32-37(3)4)61(84)71-48(29-2)62(85)75(24)52(35-40(9)10)64(87)73(22)51(34-39(7)8)60(83)72-54(42(13)14)66(89)74(23)50(33-38(5)6)59(82)70-46(19)58(81)69-45(18)47(20)79/h28,30,37-46,48-57,68,80H,29,31-36H2,1-27H3,(H,69,81)(H,70,82)(H,71,84)(H,72,83)/b30-28+/t44-,45-,46?,48?,49-,50+,51?,52?,53+,54+,55?,56+,57?/m1/s1. The van der Waals surface area contributed by atoms with E-state index in [1.54, 1.807) is 61.7 Å². The van der Waals surface area contributed by atoms with Gasteiger partial charge in [-0.25, -0.2) is 0 Å². The summed E-state index contributed by atoms with van der Waals surface area (Å²) in [5.41, 5.74) is 0. The smallest absolute Gasteiger partial charge is 0.246 e. The number of rotatable bonds is 39. The molecule has 0 spiro atoms. The van der Waals surface area contributed by atoms with Crippen molar-refractivity contribution in [2.45, 2.75) is 256 Å². The number of allylic oxidation sites excluding steroid dienone is 2. The molecule has 0 aliphatic rings. The van der Waals surface area contributed by atoms with E-state index in [0.717, 1.165) is 4.90 Å². The van der Waals surface area contributed by atoms with E-state index < -0.39 is 143 Å². The number of aliphatic hydroxyl groups is 1. The van der Waals surface area contributed by atoms with Crippen LogP contribution in [0.4, 0.5) is 0 Å². The fourth-order valence-electron chi connectivity index (χ4n) is 11.0. The highest BCUT2D eigenvalue weighted by Gasteiger charge is 2.46. The monoisotopic (exact) mass is 1270 g/mol. The van der Waals surface area contributed by atoms with E-state index in [-0.39, 0.29) is 67.0 Å². The van der Waals surface area contributed by atoms with Crippen molar-refractivity contribution >= 4 is 64.9 Å². The van der Waals surface area contributed by atoms with Crippen LogP contribution in [-0.2, 0) is 52.7 Å². The summed E-state index contributed by atoms with van der Waals surface area (Å²) in [5, 5.41) is 26.2. The minimum absolute atomic E-state index is 0.0157. The molecule has 0 rings (SSSR count). The van der Waals surface area contributed by atoms with Crippen molar-refractivity contribution in [2.75, 3.05) is 49.3 Å². The normalized spacial score (nSPS) is 16.3. The molecule has 0 aliphatic carbocycles. The Bertz CT molecular complexity index is 2400. The highest BCUT2D eigenvalue weighted by molar-refractivity contribution is 5.99. The Hall–Kier alpha value is -5.97. The lowest BCUT2D eigenvalue weighted by molar-refractivity contribution is -0.156. The number of hydrogen-bond donors (Lipinski definition) is 6. The van der Waals surface area contributed by atoms with Crippen LogP contribution in [0, 0.1) is 47.3 Å². The Balaban J connectivity index is 7.40. The van der Waals surface area contributed by atoms with Gasteiger partial charge in [-0.1, -0.05) is 123 Å². The SMILES string of the molecule is C/C=C/C[C@@H](C)C(O)[C@@H](C(=O)NC(CC)C(=O)N(C)C(CC(C)C)C(=O)N(C)C(CC(C)C)C(=O)N[C@H](C(=O)N(C)[C@@H](CC(C)C)C(=O)NC(C)C(=O)N[C@H](C)C(C)=O)C(C)C)N(C)C(=O)C(C(C)C)N(C)C(=O)[C@H](CC(C)C)N(C)C(=O)[C@@H](CC(C)C)NC. The first-order valence-electron chi connectivity index (χ1n) is 32.8. The van der Waals surface area contributed by atoms with E-state index in [4.69, 9.17) is 0 Å². The molecule has 10 amide bonds. The number of carbonyl (C=O) groups is 11. The Morgan fingerprint density at radius 2 is 0.789 bits per heavy atom. The second-order valence-corrected chi connectivity index (χ2v) is 27.9. The van der Waals surface area contributed by atoms with E-state index in [2.05, 4.69) is 26.6 Å². The van der Waals surface area contributed by atoms with Gasteiger partial charge in [0.25, 0.3) is 0 Å². The highest BCUT2D eigenvalue weighted by atomic mass is 16.3. The molecule has 0 bridgehead atoms. The summed E-state index contributed by atoms with van der Waals surface area (Å²) in [4.78, 5) is 165. The topological polar surface area (TPSA) is 288 Å². The van der Waals surface area contributed by atoms with Gasteiger partial charge in [-0.05, 0) is 127 Å². The van der Waals surface area contributed by atoms with E-state index in [1.807, 2.05) is 82.2 Å². The van der Waals surface area contributed by atoms with E-state index in [9.17, 15) is 43.5 Å². The van der Waals surface area contributed by atoms with Crippen LogP contribution >= 0.6 is 0 Å². The van der Waals surface area contributed by atoms with Crippen LogP contribution in [0.15, 0.2) is 12.2 Å². The Morgan fingerprint density at radius 3 is 1.18 bits per heavy atom. The average molecular weight is 1270 g/mol. The number of amides is 10. The van der Waals surface area contributed by atoms with Crippen molar-refractivity contribution in [3.8, 4) is 0 Å². The fraction of sp³-hybridized carbons (Fsp3) is 0.806. The first-order valence-corrected chi connectivity index (χ1v) is 32.8. The quantitative estimate of drug-likeness (QED) is 0.0442. The van der Waals surface area contributed by atoms with Gasteiger partial charge < -0.3 is 61.1 Å². The summed E-state index contributed by atoms with van der Waals surface area (Å²) in [7, 11) is 10.6. The molecule has 0 aromatic rings. The lowest BCUT2D eigenvalue weighted by atomic mass is 9.91. The lowest BCUT2D eigenvalue weighted by Gasteiger charge is -2.41. The second-order valence-electron chi connectivity index (χ2n) is 27.9. The van der Waals surface area contributed by atoms with Crippen molar-refractivity contribution in [2.24, 2.45) is 47.3 Å². The van der Waals surface area contributed by atoms with Gasteiger partial charge >= 0.3 is 0 Å². The third-order valence-corrected chi connectivity index (χ3v) is 16.9. The van der Waals surface area contributed by atoms with Crippen LogP contribution in [0.5, 0.6) is 0 Å². The summed E-state index contributed by atoms with van der Waals surface area (Å²) in [6.45, 7) is 35.7. The number of aliphatic hydroxyl groups excluding tert-OH is 1. The molecule has 0 aromatic heterocycles. The second kappa shape index (κ2) is 39.4. The summed E-state index contributed by atoms with van der Waals surface area (Å²) < 4.78 is 0. The molecule has 13 atom stereocenters. The van der Waals surface area contributed by atoms with Crippen molar-refractivity contribution in [1.29, 1.82) is 0 Å². The van der Waals surface area contributed by atoms with Crippen LogP contribution in [-0.4, -0.2) is 221 Å². The molecule has 0 aliphatic heterocycles. The predicted molar refractivity (Wildman–Crippen MR) is 354 cm³/mol. The first kappa shape index (κ1) is 84.0. The first-order chi connectivity index (χ1) is 41.5. The van der Waals surface area contributed by atoms with Gasteiger partial charge in [-0.3, -0.25) is 52.7 Å². The van der Waals surface area contributed by atoms with E-state index in [0.29, 0.717) is 19.3 Å². The van der Waals surface area contributed by atoms with Crippen molar-refractivity contribution < 1.29 is 57.8 Å². The van der Waals surface area contributed by atoms with Gasteiger partial charge in [-0.15, -0.1) is 0 Å². The number of likely N-dealkylation sites (N-methyl/N-ethyl adjacent to an activating group) is 7. The number of hydrogen-bond acceptors (Lipinski definition) is 13. The molecular formula is C67H123N11O12. The number of nitrogens with zero attached hydrogens (tertiary/aromatic N) is 6. The maximum Gasteiger partial charge on any atom is 0.246 e. The van der Waals surface area contributed by atoms with Gasteiger partial charge in [0.1, 0.15) is 54.4 Å². The molecule has 0 heterocycles.